The molecule has 0 saturated heterocycles. The maximum Gasteiger partial charge on any atom is 0.0409 e. The third-order valence-corrected chi connectivity index (χ3v) is 3.20. The van der Waals surface area contributed by atoms with Gasteiger partial charge in [-0.25, -0.2) is 0 Å². The lowest BCUT2D eigenvalue weighted by atomic mass is 9.99. The van der Waals surface area contributed by atoms with Crippen LogP contribution in [0, 0.1) is 0 Å². The van der Waals surface area contributed by atoms with Crippen molar-refractivity contribution in [3.05, 3.63) is 76.3 Å². The van der Waals surface area contributed by atoms with Gasteiger partial charge >= 0.3 is 0 Å². The fourth-order valence-corrected chi connectivity index (χ4v) is 2.40. The quantitative estimate of drug-likeness (QED) is 0.679. The molecule has 0 N–H and O–H groups in total. The third-order valence-electron chi connectivity index (χ3n) is 2.97. The fraction of sp³-hybridized carbons (Fsp3) is 0.0667. The molecule has 0 aromatic heterocycles. The van der Waals surface area contributed by atoms with E-state index in [1.807, 2.05) is 12.1 Å². The van der Waals surface area contributed by atoms with E-state index >= 15 is 0 Å². The van der Waals surface area contributed by atoms with E-state index in [1.165, 1.54) is 22.3 Å². The summed E-state index contributed by atoms with van der Waals surface area (Å²) in [6.45, 7) is 0. The summed E-state index contributed by atoms with van der Waals surface area (Å²) in [5, 5.41) is 0.821. The van der Waals surface area contributed by atoms with Crippen LogP contribution in [0.5, 0.6) is 0 Å². The van der Waals surface area contributed by atoms with Crippen molar-refractivity contribution < 1.29 is 0 Å². The van der Waals surface area contributed by atoms with Crippen LogP contribution < -0.4 is 0 Å². The van der Waals surface area contributed by atoms with Gasteiger partial charge in [-0.3, -0.25) is 0 Å². The number of benzene rings is 2. The smallest absolute Gasteiger partial charge is 0.0409 e. The van der Waals surface area contributed by atoms with Crippen molar-refractivity contribution in [2.24, 2.45) is 0 Å². The lowest BCUT2D eigenvalue weighted by Gasteiger charge is -2.06. The van der Waals surface area contributed by atoms with Crippen molar-refractivity contribution in [1.29, 1.82) is 0 Å². The summed E-state index contributed by atoms with van der Waals surface area (Å²) >= 11 is 5.99. The van der Waals surface area contributed by atoms with Crippen LogP contribution in [0.25, 0.3) is 5.57 Å². The number of hydrogen-bond acceptors (Lipinski definition) is 0. The topological polar surface area (TPSA) is 0 Å². The summed E-state index contributed by atoms with van der Waals surface area (Å²) < 4.78 is 0. The van der Waals surface area contributed by atoms with E-state index in [0.29, 0.717) is 0 Å². The molecule has 0 bridgehead atoms. The van der Waals surface area contributed by atoms with Gasteiger partial charge in [0.05, 0.1) is 0 Å². The Kier molecular flexibility index (Phi) is 2.30. The monoisotopic (exact) mass is 226 g/mol. The molecule has 0 radical (unpaired) electrons. The molecule has 1 aliphatic carbocycles. The van der Waals surface area contributed by atoms with Crippen LogP contribution in [0.15, 0.2) is 54.6 Å². The SMILES string of the molecule is Clc1ccc2c(c1)CC=C2c1ccccc1. The van der Waals surface area contributed by atoms with Gasteiger partial charge in [0.15, 0.2) is 0 Å². The third kappa shape index (κ3) is 1.56. The van der Waals surface area contributed by atoms with Crippen molar-refractivity contribution in [1.82, 2.24) is 0 Å². The van der Waals surface area contributed by atoms with E-state index in [2.05, 4.69) is 42.5 Å². The summed E-state index contributed by atoms with van der Waals surface area (Å²) in [6, 6.07) is 16.6. The normalized spacial score (nSPS) is 13.4. The zero-order valence-corrected chi connectivity index (χ0v) is 9.54. The molecule has 2 aromatic rings. The molecular weight excluding hydrogens is 216 g/mol. The zero-order valence-electron chi connectivity index (χ0n) is 8.78. The van der Waals surface area contributed by atoms with Gasteiger partial charge in [0.25, 0.3) is 0 Å². The molecule has 1 heteroatoms. The highest BCUT2D eigenvalue weighted by atomic mass is 35.5. The van der Waals surface area contributed by atoms with Crippen molar-refractivity contribution >= 4 is 17.2 Å². The first-order valence-electron chi connectivity index (χ1n) is 5.39. The molecule has 0 fully saturated rings. The molecule has 3 rings (SSSR count). The van der Waals surface area contributed by atoms with Crippen LogP contribution in [0.1, 0.15) is 16.7 Å². The second kappa shape index (κ2) is 3.80. The molecule has 1 aliphatic rings. The van der Waals surface area contributed by atoms with E-state index < -0.39 is 0 Å². The molecule has 16 heavy (non-hydrogen) atoms. The Labute approximate surface area is 100 Å². The van der Waals surface area contributed by atoms with Crippen LogP contribution in [0.3, 0.4) is 0 Å². The molecule has 0 unspecified atom stereocenters. The van der Waals surface area contributed by atoms with Crippen molar-refractivity contribution in [3.63, 3.8) is 0 Å². The molecule has 0 saturated carbocycles. The molecule has 0 heterocycles. The molecular formula is C15H11Cl. The Bertz CT molecular complexity index is 553. The van der Waals surface area contributed by atoms with Gasteiger partial charge < -0.3 is 0 Å². The second-order valence-corrected chi connectivity index (χ2v) is 4.43. The number of hydrogen-bond donors (Lipinski definition) is 0. The highest BCUT2D eigenvalue weighted by Gasteiger charge is 2.15. The summed E-state index contributed by atoms with van der Waals surface area (Å²) in [4.78, 5) is 0. The summed E-state index contributed by atoms with van der Waals surface area (Å²) in [6.07, 6.45) is 3.26. The summed E-state index contributed by atoms with van der Waals surface area (Å²) in [5.74, 6) is 0. The highest BCUT2D eigenvalue weighted by molar-refractivity contribution is 6.30. The van der Waals surface area contributed by atoms with Crippen LogP contribution >= 0.6 is 11.6 Å². The molecule has 0 amide bonds. The minimum Gasteiger partial charge on any atom is -0.0843 e. The predicted molar refractivity (Wildman–Crippen MR) is 68.7 cm³/mol. The maximum absolute atomic E-state index is 5.99. The average molecular weight is 227 g/mol. The summed E-state index contributed by atoms with van der Waals surface area (Å²) in [7, 11) is 0. The lowest BCUT2D eigenvalue weighted by Crippen LogP contribution is -1.86. The van der Waals surface area contributed by atoms with Gasteiger partial charge in [0, 0.05) is 5.02 Å². The average Bonchev–Trinajstić information content (AvgIpc) is 2.73. The Balaban J connectivity index is 2.09. The maximum atomic E-state index is 5.99. The zero-order chi connectivity index (χ0) is 11.0. The van der Waals surface area contributed by atoms with Crippen LogP contribution in [-0.4, -0.2) is 0 Å². The van der Waals surface area contributed by atoms with Crippen LogP contribution in [-0.2, 0) is 6.42 Å². The minimum atomic E-state index is 0.821. The predicted octanol–water partition coefficient (Wildman–Crippen LogP) is 4.33. The van der Waals surface area contributed by atoms with Gasteiger partial charge in [-0.15, -0.1) is 0 Å². The van der Waals surface area contributed by atoms with E-state index in [-0.39, 0.29) is 0 Å². The van der Waals surface area contributed by atoms with Crippen LogP contribution in [0.4, 0.5) is 0 Å². The van der Waals surface area contributed by atoms with Gasteiger partial charge in [0.1, 0.15) is 0 Å². The van der Waals surface area contributed by atoms with Gasteiger partial charge in [-0.05, 0) is 40.8 Å². The number of fused-ring (bicyclic) bond motifs is 1. The lowest BCUT2D eigenvalue weighted by molar-refractivity contribution is 1.31. The van der Waals surface area contributed by atoms with Crippen molar-refractivity contribution in [2.45, 2.75) is 6.42 Å². The summed E-state index contributed by atoms with van der Waals surface area (Å²) in [5.41, 5.74) is 5.25. The Morgan fingerprint density at radius 3 is 2.56 bits per heavy atom. The first kappa shape index (κ1) is 9.68. The Morgan fingerprint density at radius 2 is 1.75 bits per heavy atom. The molecule has 2 aromatic carbocycles. The number of halogens is 1. The number of allylic oxidation sites excluding steroid dienone is 1. The first-order valence-corrected chi connectivity index (χ1v) is 5.77. The molecule has 0 spiro atoms. The van der Waals surface area contributed by atoms with Crippen molar-refractivity contribution in [3.8, 4) is 0 Å². The van der Waals surface area contributed by atoms with E-state index in [1.54, 1.807) is 0 Å². The van der Waals surface area contributed by atoms with E-state index in [0.717, 1.165) is 11.4 Å². The minimum absolute atomic E-state index is 0.821. The fourth-order valence-electron chi connectivity index (χ4n) is 2.21. The Morgan fingerprint density at radius 1 is 0.938 bits per heavy atom. The van der Waals surface area contributed by atoms with Gasteiger partial charge in [-0.1, -0.05) is 54.1 Å². The molecule has 0 nitrogen and oxygen atoms in total. The second-order valence-electron chi connectivity index (χ2n) is 3.99. The molecule has 0 atom stereocenters. The van der Waals surface area contributed by atoms with Crippen molar-refractivity contribution in [2.75, 3.05) is 0 Å². The molecule has 78 valence electrons. The Hall–Kier alpha value is -1.53. The van der Waals surface area contributed by atoms with E-state index in [9.17, 15) is 0 Å². The first-order chi connectivity index (χ1) is 7.84. The largest absolute Gasteiger partial charge is 0.0843 e. The van der Waals surface area contributed by atoms with Gasteiger partial charge in [0.2, 0.25) is 0 Å². The highest BCUT2D eigenvalue weighted by Crippen LogP contribution is 2.33. The number of rotatable bonds is 1. The molecule has 0 aliphatic heterocycles. The standard InChI is InChI=1S/C15H11Cl/c16-13-7-9-15-12(10-13)6-8-14(15)11-4-2-1-3-5-11/h1-5,7-10H,6H2. The van der Waals surface area contributed by atoms with E-state index in [4.69, 9.17) is 11.6 Å². The van der Waals surface area contributed by atoms with Gasteiger partial charge in [-0.2, -0.15) is 0 Å². The van der Waals surface area contributed by atoms with Crippen LogP contribution in [0.2, 0.25) is 5.02 Å².